The van der Waals surface area contributed by atoms with Gasteiger partial charge in [-0.3, -0.25) is 9.78 Å². The molecule has 0 atom stereocenters. The van der Waals surface area contributed by atoms with E-state index in [2.05, 4.69) is 14.9 Å². The molecule has 0 aliphatic carbocycles. The van der Waals surface area contributed by atoms with Crippen molar-refractivity contribution in [1.82, 2.24) is 24.9 Å². The third-order valence-electron chi connectivity index (χ3n) is 6.07. The predicted molar refractivity (Wildman–Crippen MR) is 136 cm³/mol. The number of benzene rings is 1. The van der Waals surface area contributed by atoms with Crippen molar-refractivity contribution in [1.29, 1.82) is 0 Å². The maximum atomic E-state index is 12.3. The molecule has 1 aliphatic rings. The van der Waals surface area contributed by atoms with Crippen LogP contribution < -0.4 is 10.6 Å². The van der Waals surface area contributed by atoms with Gasteiger partial charge in [0.25, 0.3) is 0 Å². The summed E-state index contributed by atoms with van der Waals surface area (Å²) in [5, 5.41) is 10.0. The molecule has 3 N–H and O–H groups in total. The smallest absolute Gasteiger partial charge is 0.219 e. The van der Waals surface area contributed by atoms with Gasteiger partial charge in [0.1, 0.15) is 11.1 Å². The highest BCUT2D eigenvalue weighted by molar-refractivity contribution is 5.91. The fourth-order valence-corrected chi connectivity index (χ4v) is 4.00. The summed E-state index contributed by atoms with van der Waals surface area (Å²) in [5.41, 5.74) is 8.86. The van der Waals surface area contributed by atoms with E-state index < -0.39 is 5.60 Å². The average molecular weight is 486 g/mol. The summed E-state index contributed by atoms with van der Waals surface area (Å²) in [4.78, 5) is 37.0. The van der Waals surface area contributed by atoms with Crippen LogP contribution in [0.15, 0.2) is 48.9 Å². The molecule has 5 rings (SSSR count). The molecular weight excluding hydrogens is 458 g/mol. The van der Waals surface area contributed by atoms with Crippen LogP contribution in [0.1, 0.15) is 19.4 Å². The first-order valence-electron chi connectivity index (χ1n) is 11.7. The number of ether oxygens (including phenoxy) is 1. The van der Waals surface area contributed by atoms with E-state index in [1.807, 2.05) is 30.3 Å². The topological polar surface area (TPSA) is 140 Å². The van der Waals surface area contributed by atoms with Crippen LogP contribution in [0.3, 0.4) is 0 Å². The minimum Gasteiger partial charge on any atom is -0.383 e. The highest BCUT2D eigenvalue weighted by Crippen LogP contribution is 2.30. The minimum atomic E-state index is -1.38. The summed E-state index contributed by atoms with van der Waals surface area (Å²) in [6, 6.07) is 9.62. The number of Topliss-reactive ketones (excluding diaryl/α,β-unsaturated/α-hetero) is 1. The summed E-state index contributed by atoms with van der Waals surface area (Å²) in [5.74, 6) is 1.15. The van der Waals surface area contributed by atoms with Crippen molar-refractivity contribution in [3.8, 4) is 22.5 Å². The summed E-state index contributed by atoms with van der Waals surface area (Å²) in [7, 11) is 0. The van der Waals surface area contributed by atoms with Gasteiger partial charge < -0.3 is 20.5 Å². The molecular formula is C26H27N7O3. The van der Waals surface area contributed by atoms with Crippen molar-refractivity contribution >= 4 is 28.6 Å². The van der Waals surface area contributed by atoms with Gasteiger partial charge in [-0.1, -0.05) is 24.3 Å². The van der Waals surface area contributed by atoms with Gasteiger partial charge in [-0.15, -0.1) is 0 Å². The Labute approximate surface area is 208 Å². The molecule has 0 spiro atoms. The lowest BCUT2D eigenvalue weighted by atomic mass is 9.95. The Kier molecular flexibility index (Phi) is 6.29. The number of nitrogen functional groups attached to an aromatic ring is 1. The number of carbonyl (C=O) groups excluding carboxylic acids is 1. The molecule has 36 heavy (non-hydrogen) atoms. The van der Waals surface area contributed by atoms with Crippen LogP contribution in [-0.4, -0.2) is 67.7 Å². The van der Waals surface area contributed by atoms with E-state index in [0.29, 0.717) is 48.7 Å². The van der Waals surface area contributed by atoms with Crippen molar-refractivity contribution in [2.24, 2.45) is 0 Å². The lowest BCUT2D eigenvalue weighted by Crippen LogP contribution is -2.37. The molecule has 0 bridgehead atoms. The van der Waals surface area contributed by atoms with E-state index in [4.69, 9.17) is 25.4 Å². The number of rotatable bonds is 6. The fraction of sp³-hybridized carbons (Fsp3) is 0.308. The van der Waals surface area contributed by atoms with Crippen LogP contribution in [0, 0.1) is 0 Å². The Balaban J connectivity index is 1.58. The summed E-state index contributed by atoms with van der Waals surface area (Å²) in [6.07, 6.45) is 5.14. The monoisotopic (exact) mass is 485 g/mol. The number of aliphatic hydroxyl groups is 1. The Hall–Kier alpha value is -4.02. The third kappa shape index (κ3) is 5.00. The molecule has 10 heteroatoms. The number of morpholine rings is 1. The standard InChI is InChI=1S/C26H27N7O3/c1-26(2,35)21(34)11-16-4-3-5-17(10-16)18-12-20-22(28-13-18)24(33-6-8-36-9-7-33)32-23(31-20)19-14-29-25(27)30-15-19/h3-5,10,12-15,35H,6-9,11H2,1-2H3,(H2,27,29,30). The number of pyridine rings is 1. The first kappa shape index (κ1) is 23.7. The Bertz CT molecular complexity index is 1410. The first-order chi connectivity index (χ1) is 17.3. The van der Waals surface area contributed by atoms with Gasteiger partial charge in [-0.2, -0.15) is 0 Å². The average Bonchev–Trinajstić information content (AvgIpc) is 2.88. The van der Waals surface area contributed by atoms with Gasteiger partial charge in [-0.25, -0.2) is 19.9 Å². The SMILES string of the molecule is CC(C)(O)C(=O)Cc1cccc(-c2cnc3c(N4CCOCC4)nc(-c4cnc(N)nc4)nc3c2)c1. The number of hydrogen-bond donors (Lipinski definition) is 2. The molecule has 1 aromatic carbocycles. The third-order valence-corrected chi connectivity index (χ3v) is 6.07. The van der Waals surface area contributed by atoms with Crippen LogP contribution in [0.5, 0.6) is 0 Å². The maximum absolute atomic E-state index is 12.3. The number of hydrogen-bond acceptors (Lipinski definition) is 10. The lowest BCUT2D eigenvalue weighted by molar-refractivity contribution is -0.133. The Morgan fingerprint density at radius 1 is 1.03 bits per heavy atom. The van der Waals surface area contributed by atoms with E-state index in [-0.39, 0.29) is 18.2 Å². The number of ketones is 1. The van der Waals surface area contributed by atoms with Crippen LogP contribution in [-0.2, 0) is 16.0 Å². The number of nitrogens with zero attached hydrogens (tertiary/aromatic N) is 6. The molecule has 0 amide bonds. The first-order valence-corrected chi connectivity index (χ1v) is 11.7. The summed E-state index contributed by atoms with van der Waals surface area (Å²) < 4.78 is 5.52. The van der Waals surface area contributed by atoms with E-state index in [9.17, 15) is 9.90 Å². The van der Waals surface area contributed by atoms with Crippen molar-refractivity contribution in [2.45, 2.75) is 25.9 Å². The van der Waals surface area contributed by atoms with Crippen LogP contribution in [0.25, 0.3) is 33.5 Å². The fourth-order valence-electron chi connectivity index (χ4n) is 4.00. The Morgan fingerprint density at radius 2 is 1.75 bits per heavy atom. The number of fused-ring (bicyclic) bond motifs is 1. The molecule has 1 fully saturated rings. The maximum Gasteiger partial charge on any atom is 0.219 e. The van der Waals surface area contributed by atoms with E-state index in [1.54, 1.807) is 18.6 Å². The molecule has 4 aromatic rings. The van der Waals surface area contributed by atoms with E-state index >= 15 is 0 Å². The second kappa shape index (κ2) is 9.56. The van der Waals surface area contributed by atoms with Crippen molar-refractivity contribution in [3.63, 3.8) is 0 Å². The van der Waals surface area contributed by atoms with Gasteiger partial charge in [0.2, 0.25) is 5.95 Å². The summed E-state index contributed by atoms with van der Waals surface area (Å²) >= 11 is 0. The lowest BCUT2D eigenvalue weighted by Gasteiger charge is -2.28. The zero-order valence-corrected chi connectivity index (χ0v) is 20.2. The van der Waals surface area contributed by atoms with E-state index in [1.165, 1.54) is 13.8 Å². The normalized spacial score (nSPS) is 14.2. The van der Waals surface area contributed by atoms with Crippen molar-refractivity contribution in [2.75, 3.05) is 36.9 Å². The van der Waals surface area contributed by atoms with E-state index in [0.717, 1.165) is 22.5 Å². The minimum absolute atomic E-state index is 0.142. The molecule has 1 saturated heterocycles. The second-order valence-electron chi connectivity index (χ2n) is 9.25. The van der Waals surface area contributed by atoms with Gasteiger partial charge in [0, 0.05) is 43.7 Å². The van der Waals surface area contributed by atoms with Crippen LogP contribution in [0.4, 0.5) is 11.8 Å². The number of nitrogens with two attached hydrogens (primary N) is 1. The zero-order chi connectivity index (χ0) is 25.3. The molecule has 0 radical (unpaired) electrons. The predicted octanol–water partition coefficient (Wildman–Crippen LogP) is 2.45. The number of anilines is 2. The molecule has 4 heterocycles. The quantitative estimate of drug-likeness (QED) is 0.418. The molecule has 0 saturated carbocycles. The van der Waals surface area contributed by atoms with Gasteiger partial charge in [-0.05, 0) is 31.0 Å². The van der Waals surface area contributed by atoms with Gasteiger partial charge in [0.05, 0.1) is 24.3 Å². The molecule has 0 unspecified atom stereocenters. The molecule has 3 aromatic heterocycles. The Morgan fingerprint density at radius 3 is 2.47 bits per heavy atom. The van der Waals surface area contributed by atoms with Gasteiger partial charge in [0.15, 0.2) is 17.4 Å². The number of carbonyl (C=O) groups is 1. The molecule has 184 valence electrons. The molecule has 1 aliphatic heterocycles. The zero-order valence-electron chi connectivity index (χ0n) is 20.2. The largest absolute Gasteiger partial charge is 0.383 e. The highest BCUT2D eigenvalue weighted by Gasteiger charge is 2.24. The van der Waals surface area contributed by atoms with Crippen molar-refractivity contribution in [3.05, 3.63) is 54.5 Å². The second-order valence-corrected chi connectivity index (χ2v) is 9.25. The van der Waals surface area contributed by atoms with Crippen molar-refractivity contribution < 1.29 is 14.6 Å². The molecule has 10 nitrogen and oxygen atoms in total. The highest BCUT2D eigenvalue weighted by atomic mass is 16.5. The number of aromatic nitrogens is 5. The summed E-state index contributed by atoms with van der Waals surface area (Å²) in [6.45, 7) is 5.62. The van der Waals surface area contributed by atoms with Gasteiger partial charge >= 0.3 is 0 Å². The van der Waals surface area contributed by atoms with Crippen LogP contribution in [0.2, 0.25) is 0 Å². The van der Waals surface area contributed by atoms with Crippen LogP contribution >= 0.6 is 0 Å².